The molecule has 0 N–H and O–H groups in total. The Bertz CT molecular complexity index is 442. The van der Waals surface area contributed by atoms with Gasteiger partial charge in [0.15, 0.2) is 5.15 Å². The van der Waals surface area contributed by atoms with Crippen molar-refractivity contribution in [3.05, 3.63) is 15.8 Å². The Balaban J connectivity index is 2.92. The lowest BCUT2D eigenvalue weighted by molar-refractivity contribution is 1.23. The van der Waals surface area contributed by atoms with Crippen molar-refractivity contribution in [2.75, 3.05) is 0 Å². The van der Waals surface area contributed by atoms with Crippen LogP contribution in [0.15, 0.2) is 5.38 Å². The highest BCUT2D eigenvalue weighted by atomic mass is 35.5. The van der Waals surface area contributed by atoms with Gasteiger partial charge in [0.25, 0.3) is 0 Å². The quantitative estimate of drug-likeness (QED) is 0.380. The van der Waals surface area contributed by atoms with Gasteiger partial charge >= 0.3 is 0 Å². The number of halogens is 2. The molecule has 0 aliphatic heterocycles. The molecular formula is C6HBCl2N2S. The molecule has 0 amide bonds. The van der Waals surface area contributed by atoms with Gasteiger partial charge in [-0.1, -0.05) is 17.1 Å². The topological polar surface area (TPSA) is 25.8 Å². The lowest BCUT2D eigenvalue weighted by Gasteiger charge is -1.94. The summed E-state index contributed by atoms with van der Waals surface area (Å²) in [6, 6.07) is 0. The molecule has 0 spiro atoms. The Morgan fingerprint density at radius 1 is 1.33 bits per heavy atom. The molecule has 0 bridgehead atoms. The summed E-state index contributed by atoms with van der Waals surface area (Å²) < 4.78 is 0.776. The summed E-state index contributed by atoms with van der Waals surface area (Å²) in [5.74, 6) is 0. The molecule has 0 fully saturated rings. The van der Waals surface area contributed by atoms with Crippen molar-refractivity contribution in [2.24, 2.45) is 0 Å². The molecule has 0 aromatic carbocycles. The lowest BCUT2D eigenvalue weighted by Crippen LogP contribution is -2.00. The standard InChI is InChI=1S/C6HBCl2N2S/c7-2-1-12-4-3(2)10-6(9)11-5(4)8/h1H. The third-order valence-electron chi connectivity index (χ3n) is 1.37. The van der Waals surface area contributed by atoms with Crippen LogP contribution in [-0.2, 0) is 0 Å². The molecule has 2 rings (SSSR count). The first kappa shape index (κ1) is 8.29. The molecular weight excluding hydrogens is 214 g/mol. The molecule has 6 heteroatoms. The maximum absolute atomic E-state index is 5.79. The first-order valence-corrected chi connectivity index (χ1v) is 4.68. The number of hydrogen-bond donors (Lipinski definition) is 0. The Hall–Kier alpha value is -0.315. The summed E-state index contributed by atoms with van der Waals surface area (Å²) in [5.41, 5.74) is 1.21. The summed E-state index contributed by atoms with van der Waals surface area (Å²) >= 11 is 12.8. The SMILES string of the molecule is [B]c1csc2c(Cl)nc(Cl)nc12. The van der Waals surface area contributed by atoms with E-state index in [2.05, 4.69) is 9.97 Å². The molecule has 2 nitrogen and oxygen atoms in total. The van der Waals surface area contributed by atoms with Gasteiger partial charge in [-0.2, -0.15) is 0 Å². The predicted molar refractivity (Wildman–Crippen MR) is 52.8 cm³/mol. The van der Waals surface area contributed by atoms with Crippen LogP contribution in [0.1, 0.15) is 0 Å². The van der Waals surface area contributed by atoms with E-state index >= 15 is 0 Å². The van der Waals surface area contributed by atoms with Gasteiger partial charge in [-0.25, -0.2) is 9.97 Å². The van der Waals surface area contributed by atoms with Gasteiger partial charge in [0, 0.05) is 0 Å². The van der Waals surface area contributed by atoms with Crippen LogP contribution in [0.5, 0.6) is 0 Å². The Morgan fingerprint density at radius 2 is 2.08 bits per heavy atom. The minimum absolute atomic E-state index is 0.123. The number of rotatable bonds is 0. The zero-order valence-corrected chi connectivity index (χ0v) is 8.04. The second kappa shape index (κ2) is 2.87. The molecule has 0 saturated carbocycles. The van der Waals surface area contributed by atoms with Crippen molar-refractivity contribution in [1.29, 1.82) is 0 Å². The minimum atomic E-state index is 0.123. The average molecular weight is 215 g/mol. The van der Waals surface area contributed by atoms with E-state index < -0.39 is 0 Å². The maximum Gasteiger partial charge on any atom is 0.224 e. The van der Waals surface area contributed by atoms with Crippen molar-refractivity contribution < 1.29 is 0 Å². The third-order valence-corrected chi connectivity index (χ3v) is 2.92. The zero-order valence-electron chi connectivity index (χ0n) is 5.71. The molecule has 0 saturated heterocycles. The second-order valence-electron chi connectivity index (χ2n) is 2.15. The number of hydrogen-bond acceptors (Lipinski definition) is 3. The van der Waals surface area contributed by atoms with E-state index in [4.69, 9.17) is 31.0 Å². The first-order chi connectivity index (χ1) is 5.68. The van der Waals surface area contributed by atoms with Crippen molar-refractivity contribution in [1.82, 2.24) is 9.97 Å². The second-order valence-corrected chi connectivity index (χ2v) is 3.73. The average Bonchev–Trinajstić information content (AvgIpc) is 2.33. The fourth-order valence-corrected chi connectivity index (χ4v) is 2.17. The van der Waals surface area contributed by atoms with Crippen LogP contribution in [-0.4, -0.2) is 17.8 Å². The van der Waals surface area contributed by atoms with Gasteiger partial charge in [-0.3, -0.25) is 0 Å². The normalized spacial score (nSPS) is 10.8. The number of fused-ring (bicyclic) bond motifs is 1. The molecule has 0 aliphatic carbocycles. The van der Waals surface area contributed by atoms with Crippen molar-refractivity contribution in [2.45, 2.75) is 0 Å². The predicted octanol–water partition coefficient (Wildman–Crippen LogP) is 1.79. The van der Waals surface area contributed by atoms with Gasteiger partial charge in [-0.05, 0) is 17.0 Å². The van der Waals surface area contributed by atoms with Crippen LogP contribution >= 0.6 is 34.5 Å². The third kappa shape index (κ3) is 1.20. The van der Waals surface area contributed by atoms with Crippen LogP contribution < -0.4 is 5.46 Å². The number of aromatic nitrogens is 2. The summed E-state index contributed by atoms with van der Waals surface area (Å²) in [6.07, 6.45) is 0. The number of nitrogens with zero attached hydrogens (tertiary/aromatic N) is 2. The molecule has 58 valence electrons. The van der Waals surface area contributed by atoms with Gasteiger partial charge in [-0.15, -0.1) is 11.3 Å². The largest absolute Gasteiger partial charge is 0.224 e. The first-order valence-electron chi connectivity index (χ1n) is 3.04. The van der Waals surface area contributed by atoms with E-state index in [9.17, 15) is 0 Å². The van der Waals surface area contributed by atoms with E-state index in [1.165, 1.54) is 11.3 Å². The van der Waals surface area contributed by atoms with Gasteiger partial charge in [0.1, 0.15) is 7.85 Å². The monoisotopic (exact) mass is 214 g/mol. The van der Waals surface area contributed by atoms with E-state index in [0.717, 1.165) is 4.70 Å². The van der Waals surface area contributed by atoms with Gasteiger partial charge in [0.05, 0.1) is 10.2 Å². The van der Waals surface area contributed by atoms with Crippen LogP contribution in [0.2, 0.25) is 10.4 Å². The van der Waals surface area contributed by atoms with Crippen LogP contribution in [0, 0.1) is 0 Å². The summed E-state index contributed by atoms with van der Waals surface area (Å²) in [4.78, 5) is 7.74. The number of thiophene rings is 1. The van der Waals surface area contributed by atoms with E-state index in [0.29, 0.717) is 16.1 Å². The highest BCUT2D eigenvalue weighted by molar-refractivity contribution is 7.19. The van der Waals surface area contributed by atoms with Crippen molar-refractivity contribution in [3.8, 4) is 0 Å². The van der Waals surface area contributed by atoms with Crippen molar-refractivity contribution in [3.63, 3.8) is 0 Å². The minimum Gasteiger partial charge on any atom is -0.218 e. The summed E-state index contributed by atoms with van der Waals surface area (Å²) in [7, 11) is 5.62. The molecule has 12 heavy (non-hydrogen) atoms. The Kier molecular flexibility index (Phi) is 1.98. The van der Waals surface area contributed by atoms with E-state index in [1.807, 2.05) is 0 Å². The summed E-state index contributed by atoms with van der Waals surface area (Å²) in [5, 5.41) is 2.24. The van der Waals surface area contributed by atoms with Gasteiger partial charge < -0.3 is 0 Å². The zero-order chi connectivity index (χ0) is 8.72. The van der Waals surface area contributed by atoms with Crippen LogP contribution in [0.4, 0.5) is 0 Å². The molecule has 2 aromatic rings. The molecule has 2 heterocycles. The Labute approximate surface area is 84.0 Å². The van der Waals surface area contributed by atoms with E-state index in [-0.39, 0.29) is 5.28 Å². The van der Waals surface area contributed by atoms with Crippen LogP contribution in [0.3, 0.4) is 0 Å². The van der Waals surface area contributed by atoms with Gasteiger partial charge in [0.2, 0.25) is 5.28 Å². The molecule has 2 aromatic heterocycles. The van der Waals surface area contributed by atoms with Crippen LogP contribution in [0.25, 0.3) is 10.2 Å². The smallest absolute Gasteiger partial charge is 0.218 e. The fourth-order valence-electron chi connectivity index (χ4n) is 0.876. The maximum atomic E-state index is 5.79. The highest BCUT2D eigenvalue weighted by Crippen LogP contribution is 2.24. The van der Waals surface area contributed by atoms with E-state index in [1.54, 1.807) is 5.38 Å². The lowest BCUT2D eigenvalue weighted by atomic mass is 9.99. The molecule has 2 radical (unpaired) electrons. The fraction of sp³-hybridized carbons (Fsp3) is 0. The molecule has 0 unspecified atom stereocenters. The summed E-state index contributed by atoms with van der Waals surface area (Å²) in [6.45, 7) is 0. The van der Waals surface area contributed by atoms with Crippen molar-refractivity contribution >= 4 is 58.1 Å². The molecule has 0 aliphatic rings. The Morgan fingerprint density at radius 3 is 2.83 bits per heavy atom. The highest BCUT2D eigenvalue weighted by Gasteiger charge is 2.07. The molecule has 0 atom stereocenters.